The van der Waals surface area contributed by atoms with Crippen LogP contribution in [-0.4, -0.2) is 25.9 Å². The van der Waals surface area contributed by atoms with Crippen molar-refractivity contribution >= 4 is 0 Å². The van der Waals surface area contributed by atoms with E-state index in [2.05, 4.69) is 44.3 Å². The summed E-state index contributed by atoms with van der Waals surface area (Å²) in [5.41, 5.74) is 1.28. The highest BCUT2D eigenvalue weighted by molar-refractivity contribution is 5.31. The van der Waals surface area contributed by atoms with Crippen LogP contribution in [0.5, 0.6) is 5.75 Å². The Labute approximate surface area is 116 Å². The van der Waals surface area contributed by atoms with Crippen LogP contribution < -0.4 is 10.1 Å². The Morgan fingerprint density at radius 3 is 2.74 bits per heavy atom. The molecule has 1 N–H and O–H groups in total. The van der Waals surface area contributed by atoms with Gasteiger partial charge in [0.15, 0.2) is 0 Å². The van der Waals surface area contributed by atoms with Crippen molar-refractivity contribution in [2.45, 2.75) is 45.4 Å². The fourth-order valence-electron chi connectivity index (χ4n) is 2.87. The second kappa shape index (κ2) is 6.40. The van der Waals surface area contributed by atoms with Gasteiger partial charge < -0.3 is 14.8 Å². The second-order valence-electron chi connectivity index (χ2n) is 5.53. The first-order valence-electron chi connectivity index (χ1n) is 7.17. The second-order valence-corrected chi connectivity index (χ2v) is 5.53. The van der Waals surface area contributed by atoms with Crippen LogP contribution in [0.3, 0.4) is 0 Å². The van der Waals surface area contributed by atoms with E-state index in [4.69, 9.17) is 9.47 Å². The van der Waals surface area contributed by atoms with Crippen LogP contribution in [0.4, 0.5) is 0 Å². The first-order valence-corrected chi connectivity index (χ1v) is 7.17. The molecule has 0 saturated carbocycles. The van der Waals surface area contributed by atoms with E-state index in [-0.39, 0.29) is 6.10 Å². The smallest absolute Gasteiger partial charge is 0.120 e. The molecule has 3 heteroatoms. The molecule has 0 aromatic heterocycles. The summed E-state index contributed by atoms with van der Waals surface area (Å²) in [6.07, 6.45) is 1.63. The highest BCUT2D eigenvalue weighted by Gasteiger charge is 2.32. The molecule has 0 aliphatic carbocycles. The minimum absolute atomic E-state index is 0.206. The van der Waals surface area contributed by atoms with Crippen molar-refractivity contribution in [2.75, 3.05) is 13.7 Å². The van der Waals surface area contributed by atoms with Gasteiger partial charge in [0, 0.05) is 18.6 Å². The molecule has 1 aromatic rings. The molecule has 19 heavy (non-hydrogen) atoms. The normalized spacial score (nSPS) is 24.7. The molecule has 1 aromatic carbocycles. The van der Waals surface area contributed by atoms with Gasteiger partial charge in [-0.1, -0.05) is 12.1 Å². The summed E-state index contributed by atoms with van der Waals surface area (Å²) < 4.78 is 11.5. The molecule has 106 valence electrons. The van der Waals surface area contributed by atoms with Gasteiger partial charge in [-0.2, -0.15) is 0 Å². The first-order chi connectivity index (χ1) is 9.11. The van der Waals surface area contributed by atoms with Gasteiger partial charge in [0.25, 0.3) is 0 Å². The lowest BCUT2D eigenvalue weighted by Crippen LogP contribution is -2.29. The standard InChI is InChI=1S/C16H25NO2/c1-11(2)19-14-7-5-6-13(10-14)16(17-4)15-8-9-18-12(15)3/h5-7,10-12,15-17H,8-9H2,1-4H3. The number of nitrogens with one attached hydrogen (secondary N) is 1. The summed E-state index contributed by atoms with van der Waals surface area (Å²) in [7, 11) is 2.02. The van der Waals surface area contributed by atoms with Crippen molar-refractivity contribution < 1.29 is 9.47 Å². The molecule has 2 rings (SSSR count). The van der Waals surface area contributed by atoms with E-state index in [1.165, 1.54) is 5.56 Å². The molecule has 0 bridgehead atoms. The van der Waals surface area contributed by atoms with Gasteiger partial charge in [-0.15, -0.1) is 0 Å². The Balaban J connectivity index is 2.18. The van der Waals surface area contributed by atoms with E-state index < -0.39 is 0 Å². The zero-order valence-electron chi connectivity index (χ0n) is 12.3. The molecule has 0 spiro atoms. The Morgan fingerprint density at radius 2 is 2.16 bits per heavy atom. The molecule has 1 aliphatic rings. The van der Waals surface area contributed by atoms with Gasteiger partial charge in [0.1, 0.15) is 5.75 Å². The average Bonchev–Trinajstić information content (AvgIpc) is 2.77. The Morgan fingerprint density at radius 1 is 1.37 bits per heavy atom. The molecule has 0 radical (unpaired) electrons. The Kier molecular flexibility index (Phi) is 4.83. The molecule has 3 unspecified atom stereocenters. The maximum Gasteiger partial charge on any atom is 0.120 e. The number of rotatable bonds is 5. The predicted octanol–water partition coefficient (Wildman–Crippen LogP) is 3.16. The van der Waals surface area contributed by atoms with Crippen LogP contribution in [0.25, 0.3) is 0 Å². The fraction of sp³-hybridized carbons (Fsp3) is 0.625. The highest BCUT2D eigenvalue weighted by Crippen LogP contribution is 2.34. The summed E-state index contributed by atoms with van der Waals surface area (Å²) in [6.45, 7) is 7.13. The van der Waals surface area contributed by atoms with Crippen molar-refractivity contribution in [3.05, 3.63) is 29.8 Å². The molecule has 1 saturated heterocycles. The lowest BCUT2D eigenvalue weighted by molar-refractivity contribution is 0.0962. The molecule has 3 atom stereocenters. The molecular weight excluding hydrogens is 238 g/mol. The number of ether oxygens (including phenoxy) is 2. The van der Waals surface area contributed by atoms with Gasteiger partial charge in [0.2, 0.25) is 0 Å². The molecule has 3 nitrogen and oxygen atoms in total. The lowest BCUT2D eigenvalue weighted by Gasteiger charge is -2.26. The van der Waals surface area contributed by atoms with Gasteiger partial charge >= 0.3 is 0 Å². The van der Waals surface area contributed by atoms with Gasteiger partial charge in [-0.25, -0.2) is 0 Å². The Hall–Kier alpha value is -1.06. The quantitative estimate of drug-likeness (QED) is 0.885. The van der Waals surface area contributed by atoms with Gasteiger partial charge in [-0.3, -0.25) is 0 Å². The number of benzene rings is 1. The Bertz CT molecular complexity index is 405. The number of hydrogen-bond acceptors (Lipinski definition) is 3. The average molecular weight is 263 g/mol. The van der Waals surface area contributed by atoms with E-state index in [0.29, 0.717) is 18.1 Å². The van der Waals surface area contributed by atoms with Crippen molar-refractivity contribution in [2.24, 2.45) is 5.92 Å². The van der Waals surface area contributed by atoms with Crippen molar-refractivity contribution in [1.82, 2.24) is 5.32 Å². The van der Waals surface area contributed by atoms with Crippen LogP contribution in [0.15, 0.2) is 24.3 Å². The van der Waals surface area contributed by atoms with Gasteiger partial charge in [0.05, 0.1) is 12.2 Å². The maximum atomic E-state index is 5.78. The lowest BCUT2D eigenvalue weighted by atomic mass is 9.88. The molecular formula is C16H25NO2. The summed E-state index contributed by atoms with van der Waals surface area (Å²) in [6, 6.07) is 8.72. The molecule has 1 fully saturated rings. The summed E-state index contributed by atoms with van der Waals surface area (Å²) >= 11 is 0. The predicted molar refractivity (Wildman–Crippen MR) is 77.5 cm³/mol. The van der Waals surface area contributed by atoms with Crippen LogP contribution in [0.2, 0.25) is 0 Å². The van der Waals surface area contributed by atoms with E-state index in [9.17, 15) is 0 Å². The van der Waals surface area contributed by atoms with Crippen LogP contribution in [0, 0.1) is 5.92 Å². The SMILES string of the molecule is CNC(c1cccc(OC(C)C)c1)C1CCOC1C. The van der Waals surface area contributed by atoms with E-state index in [1.54, 1.807) is 0 Å². The van der Waals surface area contributed by atoms with E-state index in [1.807, 2.05) is 13.1 Å². The topological polar surface area (TPSA) is 30.5 Å². The van der Waals surface area contributed by atoms with Crippen molar-refractivity contribution in [3.63, 3.8) is 0 Å². The third-order valence-electron chi connectivity index (χ3n) is 3.76. The zero-order chi connectivity index (χ0) is 13.8. The van der Waals surface area contributed by atoms with Crippen LogP contribution in [-0.2, 0) is 4.74 Å². The van der Waals surface area contributed by atoms with Gasteiger partial charge in [-0.05, 0) is 51.9 Å². The largest absolute Gasteiger partial charge is 0.491 e. The third-order valence-corrected chi connectivity index (χ3v) is 3.76. The monoisotopic (exact) mass is 263 g/mol. The fourth-order valence-corrected chi connectivity index (χ4v) is 2.87. The molecule has 0 amide bonds. The minimum Gasteiger partial charge on any atom is -0.491 e. The zero-order valence-corrected chi connectivity index (χ0v) is 12.3. The minimum atomic E-state index is 0.206. The van der Waals surface area contributed by atoms with E-state index in [0.717, 1.165) is 18.8 Å². The number of hydrogen-bond donors (Lipinski definition) is 1. The third kappa shape index (κ3) is 3.48. The van der Waals surface area contributed by atoms with Crippen molar-refractivity contribution in [3.8, 4) is 5.75 Å². The van der Waals surface area contributed by atoms with E-state index >= 15 is 0 Å². The maximum absolute atomic E-state index is 5.78. The van der Waals surface area contributed by atoms with Crippen LogP contribution in [0.1, 0.15) is 38.8 Å². The van der Waals surface area contributed by atoms with Crippen molar-refractivity contribution in [1.29, 1.82) is 0 Å². The summed E-state index contributed by atoms with van der Waals surface area (Å²) in [5.74, 6) is 1.47. The van der Waals surface area contributed by atoms with Crippen LogP contribution >= 0.6 is 0 Å². The summed E-state index contributed by atoms with van der Waals surface area (Å²) in [5, 5.41) is 3.44. The highest BCUT2D eigenvalue weighted by atomic mass is 16.5. The molecule has 1 aliphatic heterocycles. The molecule has 1 heterocycles. The summed E-state index contributed by atoms with van der Waals surface area (Å²) in [4.78, 5) is 0. The first kappa shape index (κ1) is 14.4.